The van der Waals surface area contributed by atoms with Crippen LogP contribution in [0.2, 0.25) is 0 Å². The van der Waals surface area contributed by atoms with Gasteiger partial charge in [0.1, 0.15) is 5.82 Å². The summed E-state index contributed by atoms with van der Waals surface area (Å²) in [6.07, 6.45) is -4.61. The van der Waals surface area contributed by atoms with Crippen LogP contribution in [0.25, 0.3) is 0 Å². The van der Waals surface area contributed by atoms with Gasteiger partial charge in [0, 0.05) is 6.54 Å². The van der Waals surface area contributed by atoms with E-state index in [9.17, 15) is 18.0 Å². The minimum Gasteiger partial charge on any atom is -0.383 e. The summed E-state index contributed by atoms with van der Waals surface area (Å²) < 4.78 is 37.2. The molecule has 74 valence electrons. The van der Waals surface area contributed by atoms with Gasteiger partial charge in [0.15, 0.2) is 5.69 Å². The van der Waals surface area contributed by atoms with Gasteiger partial charge in [0.05, 0.1) is 0 Å². The number of nitrogens with zero attached hydrogens (tertiary/aromatic N) is 1. The van der Waals surface area contributed by atoms with Gasteiger partial charge >= 0.3 is 11.9 Å². The Hall–Kier alpha value is -1.40. The van der Waals surface area contributed by atoms with Crippen LogP contribution in [0.15, 0.2) is 4.79 Å². The Kier molecular flexibility index (Phi) is 2.10. The summed E-state index contributed by atoms with van der Waals surface area (Å²) in [7, 11) is 0. The number of imidazole rings is 1. The number of H-pyrrole nitrogens is 1. The number of anilines is 1. The van der Waals surface area contributed by atoms with E-state index in [1.807, 2.05) is 0 Å². The van der Waals surface area contributed by atoms with Gasteiger partial charge in [-0.05, 0) is 6.92 Å². The number of nitrogen functional groups attached to an aromatic ring is 1. The summed E-state index contributed by atoms with van der Waals surface area (Å²) in [5, 5.41) is 0. The van der Waals surface area contributed by atoms with Crippen molar-refractivity contribution < 1.29 is 13.2 Å². The molecule has 0 bridgehead atoms. The molecule has 0 spiro atoms. The van der Waals surface area contributed by atoms with Gasteiger partial charge in [-0.15, -0.1) is 0 Å². The number of hydrogen-bond donors (Lipinski definition) is 2. The Morgan fingerprint density at radius 3 is 2.31 bits per heavy atom. The molecule has 0 saturated heterocycles. The van der Waals surface area contributed by atoms with E-state index >= 15 is 0 Å². The quantitative estimate of drug-likeness (QED) is 0.696. The third kappa shape index (κ3) is 1.53. The molecular weight excluding hydrogens is 187 g/mol. The third-order valence-corrected chi connectivity index (χ3v) is 1.62. The number of nitrogens with two attached hydrogens (primary N) is 1. The topological polar surface area (TPSA) is 63.8 Å². The van der Waals surface area contributed by atoms with Crippen molar-refractivity contribution in [3.8, 4) is 0 Å². The van der Waals surface area contributed by atoms with Crippen molar-refractivity contribution in [2.75, 3.05) is 5.73 Å². The van der Waals surface area contributed by atoms with Gasteiger partial charge in [-0.25, -0.2) is 4.79 Å². The van der Waals surface area contributed by atoms with Crippen molar-refractivity contribution in [3.05, 3.63) is 16.2 Å². The molecule has 1 heterocycles. The molecule has 0 amide bonds. The number of nitrogens with one attached hydrogen (secondary N) is 1. The second kappa shape index (κ2) is 2.82. The molecule has 0 radical (unpaired) electrons. The number of hydrogen-bond acceptors (Lipinski definition) is 2. The summed E-state index contributed by atoms with van der Waals surface area (Å²) >= 11 is 0. The van der Waals surface area contributed by atoms with Crippen molar-refractivity contribution in [2.24, 2.45) is 0 Å². The molecule has 0 atom stereocenters. The lowest BCUT2D eigenvalue weighted by Gasteiger charge is -2.04. The molecule has 0 aliphatic heterocycles. The molecule has 3 N–H and O–H groups in total. The molecule has 4 nitrogen and oxygen atoms in total. The number of aromatic amines is 1. The predicted octanol–water partition coefficient (Wildman–Crippen LogP) is 0.797. The molecule has 7 heteroatoms. The van der Waals surface area contributed by atoms with E-state index in [-0.39, 0.29) is 6.54 Å². The first-order valence-corrected chi connectivity index (χ1v) is 3.53. The maximum Gasteiger partial charge on any atom is 0.434 e. The van der Waals surface area contributed by atoms with Crippen molar-refractivity contribution >= 4 is 5.82 Å². The van der Waals surface area contributed by atoms with E-state index in [4.69, 9.17) is 5.73 Å². The maximum absolute atomic E-state index is 12.1. The largest absolute Gasteiger partial charge is 0.434 e. The number of aromatic nitrogens is 2. The second-order valence-corrected chi connectivity index (χ2v) is 2.43. The van der Waals surface area contributed by atoms with Crippen LogP contribution in [-0.2, 0) is 12.7 Å². The predicted molar refractivity (Wildman–Crippen MR) is 40.1 cm³/mol. The Balaban J connectivity index is 3.35. The van der Waals surface area contributed by atoms with Gasteiger partial charge in [-0.3, -0.25) is 4.57 Å². The van der Waals surface area contributed by atoms with E-state index in [0.717, 1.165) is 4.57 Å². The van der Waals surface area contributed by atoms with Crippen molar-refractivity contribution in [1.29, 1.82) is 0 Å². The Morgan fingerprint density at radius 2 is 2.08 bits per heavy atom. The normalized spacial score (nSPS) is 12.0. The smallest absolute Gasteiger partial charge is 0.383 e. The maximum atomic E-state index is 12.1. The molecule has 1 aromatic rings. The first-order chi connectivity index (χ1) is 5.88. The average molecular weight is 195 g/mol. The second-order valence-electron chi connectivity index (χ2n) is 2.43. The van der Waals surface area contributed by atoms with Crippen LogP contribution in [0.4, 0.5) is 19.0 Å². The van der Waals surface area contributed by atoms with E-state index < -0.39 is 23.4 Å². The van der Waals surface area contributed by atoms with Crippen LogP contribution < -0.4 is 11.4 Å². The molecule has 1 aromatic heterocycles. The molecule has 0 saturated carbocycles. The van der Waals surface area contributed by atoms with Crippen LogP contribution in [0.3, 0.4) is 0 Å². The van der Waals surface area contributed by atoms with Crippen molar-refractivity contribution in [1.82, 2.24) is 9.55 Å². The van der Waals surface area contributed by atoms with Gasteiger partial charge in [-0.2, -0.15) is 13.2 Å². The van der Waals surface area contributed by atoms with Gasteiger partial charge in [0.25, 0.3) is 0 Å². The van der Waals surface area contributed by atoms with Crippen LogP contribution in [0, 0.1) is 0 Å². The minimum absolute atomic E-state index is 0.108. The molecule has 1 rings (SSSR count). The summed E-state index contributed by atoms with van der Waals surface area (Å²) in [4.78, 5) is 12.5. The fourth-order valence-electron chi connectivity index (χ4n) is 1.01. The highest BCUT2D eigenvalue weighted by Gasteiger charge is 2.36. The summed E-state index contributed by atoms with van der Waals surface area (Å²) in [6.45, 7) is 1.64. The van der Waals surface area contributed by atoms with E-state index in [0.29, 0.717) is 0 Å². The van der Waals surface area contributed by atoms with E-state index in [1.54, 1.807) is 4.98 Å². The van der Waals surface area contributed by atoms with Crippen molar-refractivity contribution in [3.63, 3.8) is 0 Å². The SMILES string of the molecule is CCn1c(N)c(C(F)(F)F)[nH]c1=O. The van der Waals surface area contributed by atoms with Crippen molar-refractivity contribution in [2.45, 2.75) is 19.6 Å². The summed E-state index contributed by atoms with van der Waals surface area (Å²) in [5.74, 6) is -0.569. The number of halogens is 3. The average Bonchev–Trinajstić information content (AvgIpc) is 2.25. The highest BCUT2D eigenvalue weighted by Crippen LogP contribution is 2.30. The Morgan fingerprint density at radius 1 is 1.54 bits per heavy atom. The Bertz CT molecular complexity index is 362. The van der Waals surface area contributed by atoms with Gasteiger partial charge < -0.3 is 10.7 Å². The highest BCUT2D eigenvalue weighted by atomic mass is 19.4. The molecule has 0 unspecified atom stereocenters. The first-order valence-electron chi connectivity index (χ1n) is 3.53. The van der Waals surface area contributed by atoms with Crippen LogP contribution in [0.1, 0.15) is 12.6 Å². The zero-order chi connectivity index (χ0) is 10.2. The van der Waals surface area contributed by atoms with Crippen LogP contribution >= 0.6 is 0 Å². The number of rotatable bonds is 1. The van der Waals surface area contributed by atoms with Gasteiger partial charge in [-0.1, -0.05) is 0 Å². The lowest BCUT2D eigenvalue weighted by Crippen LogP contribution is -2.16. The highest BCUT2D eigenvalue weighted by molar-refractivity contribution is 5.37. The zero-order valence-electron chi connectivity index (χ0n) is 6.77. The molecule has 0 aliphatic carbocycles. The standard InChI is InChI=1S/C6H8F3N3O/c1-2-12-4(10)3(6(7,8)9)11-5(12)13/h2,10H2,1H3,(H,11,13). The fraction of sp³-hybridized carbons (Fsp3) is 0.500. The summed E-state index contributed by atoms with van der Waals surface area (Å²) in [5.41, 5.74) is 3.09. The van der Waals surface area contributed by atoms with Crippen LogP contribution in [-0.4, -0.2) is 9.55 Å². The third-order valence-electron chi connectivity index (χ3n) is 1.62. The Labute approximate surface area is 71.2 Å². The summed E-state index contributed by atoms with van der Waals surface area (Å²) in [6, 6.07) is 0. The lowest BCUT2D eigenvalue weighted by molar-refractivity contribution is -0.140. The molecule has 13 heavy (non-hydrogen) atoms. The fourth-order valence-corrected chi connectivity index (χ4v) is 1.01. The van der Waals surface area contributed by atoms with Gasteiger partial charge in [0.2, 0.25) is 0 Å². The lowest BCUT2D eigenvalue weighted by atomic mass is 10.4. The molecule has 0 fully saturated rings. The monoisotopic (exact) mass is 195 g/mol. The van der Waals surface area contributed by atoms with Crippen LogP contribution in [0.5, 0.6) is 0 Å². The molecular formula is C6H8F3N3O. The first kappa shape index (κ1) is 9.69. The van der Waals surface area contributed by atoms with E-state index in [1.165, 1.54) is 6.92 Å². The number of alkyl halides is 3. The minimum atomic E-state index is -4.61. The zero-order valence-corrected chi connectivity index (χ0v) is 6.77. The molecule has 0 aromatic carbocycles. The van der Waals surface area contributed by atoms with E-state index in [2.05, 4.69) is 0 Å². The molecule has 0 aliphatic rings.